The summed E-state index contributed by atoms with van der Waals surface area (Å²) in [6.45, 7) is 1.58. The van der Waals surface area contributed by atoms with Crippen LogP contribution in [0.25, 0.3) is 0 Å². The van der Waals surface area contributed by atoms with E-state index in [0.717, 1.165) is 0 Å². The molecule has 118 valence electrons. The summed E-state index contributed by atoms with van der Waals surface area (Å²) in [7, 11) is 1.53. The third-order valence-corrected chi connectivity index (χ3v) is 4.60. The van der Waals surface area contributed by atoms with E-state index in [1.807, 2.05) is 0 Å². The van der Waals surface area contributed by atoms with Gasteiger partial charge >= 0.3 is 0 Å². The molecule has 1 atom stereocenters. The van der Waals surface area contributed by atoms with Crippen molar-refractivity contribution in [1.29, 1.82) is 0 Å². The van der Waals surface area contributed by atoms with Crippen molar-refractivity contribution in [3.63, 3.8) is 0 Å². The number of hydrogen-bond donors (Lipinski definition) is 1. The van der Waals surface area contributed by atoms with Crippen molar-refractivity contribution >= 4 is 40.6 Å². The number of Topliss-reactive ketones (excluding diaryl/α,β-unsaturated/α-hetero) is 1. The van der Waals surface area contributed by atoms with E-state index in [0.29, 0.717) is 22.0 Å². The van der Waals surface area contributed by atoms with Crippen molar-refractivity contribution in [2.45, 2.75) is 12.3 Å². The fraction of sp³-hybridized carbons (Fsp3) is 0.176. The maximum Gasteiger partial charge on any atom is 0.242 e. The summed E-state index contributed by atoms with van der Waals surface area (Å²) >= 11 is 12.1. The molecule has 4 nitrogen and oxygen atoms in total. The summed E-state index contributed by atoms with van der Waals surface area (Å²) in [6.07, 6.45) is 0. The summed E-state index contributed by atoms with van der Waals surface area (Å²) in [5.41, 5.74) is -0.256. The molecule has 2 aromatic rings. The highest BCUT2D eigenvalue weighted by molar-refractivity contribution is 6.40. The Morgan fingerprint density at radius 1 is 1.13 bits per heavy atom. The summed E-state index contributed by atoms with van der Waals surface area (Å²) in [5, 5.41) is 3.30. The van der Waals surface area contributed by atoms with Gasteiger partial charge in [-0.3, -0.25) is 9.59 Å². The fourth-order valence-electron chi connectivity index (χ4n) is 2.70. The van der Waals surface area contributed by atoms with Crippen LogP contribution in [0.3, 0.4) is 0 Å². The van der Waals surface area contributed by atoms with Gasteiger partial charge in [0.2, 0.25) is 5.91 Å². The van der Waals surface area contributed by atoms with Gasteiger partial charge < -0.3 is 10.1 Å². The molecular formula is C17H13Cl2NO3. The van der Waals surface area contributed by atoms with Crippen LogP contribution in [0.1, 0.15) is 22.8 Å². The van der Waals surface area contributed by atoms with Crippen molar-refractivity contribution in [2.75, 3.05) is 12.4 Å². The number of fused-ring (bicyclic) bond motifs is 1. The van der Waals surface area contributed by atoms with Gasteiger partial charge in [0.05, 0.1) is 23.4 Å². The minimum absolute atomic E-state index is 0.214. The normalized spacial score (nSPS) is 20.0. The minimum atomic E-state index is -1.39. The zero-order chi connectivity index (χ0) is 16.8. The molecule has 0 saturated heterocycles. The van der Waals surface area contributed by atoms with Crippen LogP contribution in [-0.2, 0) is 10.2 Å². The Balaban J connectivity index is 2.20. The molecular weight excluding hydrogens is 337 g/mol. The third kappa shape index (κ3) is 2.38. The molecule has 1 aliphatic rings. The number of ether oxygens (including phenoxy) is 1. The molecule has 0 aromatic heterocycles. The van der Waals surface area contributed by atoms with Crippen molar-refractivity contribution < 1.29 is 14.3 Å². The van der Waals surface area contributed by atoms with Gasteiger partial charge in [-0.15, -0.1) is 0 Å². The van der Waals surface area contributed by atoms with Gasteiger partial charge in [-0.05, 0) is 36.8 Å². The second-order valence-corrected chi connectivity index (χ2v) is 6.29. The van der Waals surface area contributed by atoms with Crippen LogP contribution in [0.2, 0.25) is 10.0 Å². The van der Waals surface area contributed by atoms with Crippen LogP contribution in [0.15, 0.2) is 36.4 Å². The molecule has 0 bridgehead atoms. The topological polar surface area (TPSA) is 55.4 Å². The number of anilines is 1. The van der Waals surface area contributed by atoms with Crippen molar-refractivity contribution in [3.05, 3.63) is 57.6 Å². The highest BCUT2D eigenvalue weighted by Crippen LogP contribution is 2.41. The monoisotopic (exact) mass is 349 g/mol. The summed E-state index contributed by atoms with van der Waals surface area (Å²) in [6, 6.07) is 9.88. The summed E-state index contributed by atoms with van der Waals surface area (Å²) in [4.78, 5) is 25.7. The third-order valence-electron chi connectivity index (χ3n) is 4.09. The Kier molecular flexibility index (Phi) is 3.82. The molecule has 1 N–H and O–H groups in total. The lowest BCUT2D eigenvalue weighted by Gasteiger charge is -2.33. The largest absolute Gasteiger partial charge is 0.497 e. The van der Waals surface area contributed by atoms with Gasteiger partial charge in [0.25, 0.3) is 0 Å². The molecule has 6 heteroatoms. The molecule has 1 aliphatic heterocycles. The highest BCUT2D eigenvalue weighted by Gasteiger charge is 2.48. The average Bonchev–Trinajstić information content (AvgIpc) is 2.52. The van der Waals surface area contributed by atoms with E-state index in [9.17, 15) is 9.59 Å². The zero-order valence-electron chi connectivity index (χ0n) is 12.4. The predicted octanol–water partition coefficient (Wildman–Crippen LogP) is 4.09. The molecule has 0 saturated carbocycles. The lowest BCUT2D eigenvalue weighted by Crippen LogP contribution is -2.48. The molecule has 2 aromatic carbocycles. The van der Waals surface area contributed by atoms with Gasteiger partial charge in [-0.25, -0.2) is 0 Å². The summed E-state index contributed by atoms with van der Waals surface area (Å²) < 4.78 is 5.18. The van der Waals surface area contributed by atoms with Crippen LogP contribution >= 0.6 is 23.2 Å². The maximum absolute atomic E-state index is 13.1. The molecule has 1 unspecified atom stereocenters. The number of methoxy groups -OCH3 is 1. The van der Waals surface area contributed by atoms with Crippen molar-refractivity contribution in [1.82, 2.24) is 0 Å². The van der Waals surface area contributed by atoms with E-state index >= 15 is 0 Å². The molecule has 0 fully saturated rings. The minimum Gasteiger partial charge on any atom is -0.497 e. The maximum atomic E-state index is 13.1. The van der Waals surface area contributed by atoms with Crippen LogP contribution in [0.4, 0.5) is 5.69 Å². The van der Waals surface area contributed by atoms with E-state index in [4.69, 9.17) is 27.9 Å². The van der Waals surface area contributed by atoms with E-state index < -0.39 is 11.3 Å². The number of benzene rings is 2. The van der Waals surface area contributed by atoms with Gasteiger partial charge in [-0.2, -0.15) is 0 Å². The number of carbonyl (C=O) groups is 2. The highest BCUT2D eigenvalue weighted by atomic mass is 35.5. The molecule has 0 aliphatic carbocycles. The van der Waals surface area contributed by atoms with Gasteiger partial charge in [0.15, 0.2) is 5.78 Å². The van der Waals surface area contributed by atoms with Gasteiger partial charge in [0, 0.05) is 5.02 Å². The Hall–Kier alpha value is -2.04. The number of hydrogen-bond acceptors (Lipinski definition) is 3. The molecule has 1 amide bonds. The first-order valence-electron chi connectivity index (χ1n) is 6.87. The number of nitrogens with one attached hydrogen (secondary N) is 1. The van der Waals surface area contributed by atoms with Crippen LogP contribution in [0.5, 0.6) is 5.75 Å². The molecule has 1 heterocycles. The second-order valence-electron chi connectivity index (χ2n) is 5.45. The van der Waals surface area contributed by atoms with E-state index in [1.165, 1.54) is 19.2 Å². The number of halogens is 2. The number of carbonyl (C=O) groups excluding carboxylic acids is 2. The fourth-order valence-corrected chi connectivity index (χ4v) is 3.28. The molecule has 3 rings (SSSR count). The van der Waals surface area contributed by atoms with Crippen LogP contribution in [0, 0.1) is 0 Å². The number of amides is 1. The number of ketones is 1. The smallest absolute Gasteiger partial charge is 0.242 e. The number of rotatable bonds is 2. The molecule has 0 spiro atoms. The quantitative estimate of drug-likeness (QED) is 0.830. The lowest BCUT2D eigenvalue weighted by molar-refractivity contribution is -0.119. The zero-order valence-corrected chi connectivity index (χ0v) is 14.0. The molecule has 0 radical (unpaired) electrons. The Bertz CT molecular complexity index is 835. The van der Waals surface area contributed by atoms with Gasteiger partial charge in [-0.1, -0.05) is 35.3 Å². The molecule has 23 heavy (non-hydrogen) atoms. The first-order chi connectivity index (χ1) is 10.9. The van der Waals surface area contributed by atoms with E-state index in [1.54, 1.807) is 31.2 Å². The van der Waals surface area contributed by atoms with Crippen LogP contribution < -0.4 is 10.1 Å². The lowest BCUT2D eigenvalue weighted by atomic mass is 9.73. The van der Waals surface area contributed by atoms with E-state index in [-0.39, 0.29) is 16.4 Å². The first-order valence-corrected chi connectivity index (χ1v) is 7.63. The SMILES string of the molecule is COc1cccc(C2(C)C(=O)Nc3cc(Cl)cc(Cl)c3C2=O)c1. The first kappa shape index (κ1) is 15.8. The standard InChI is InChI=1S/C17H13Cl2NO3/c1-17(9-4-3-5-11(6-9)23-2)15(21)14-12(19)7-10(18)8-13(14)20-16(17)22/h3-8H,1-2H3,(H,20,22). The van der Waals surface area contributed by atoms with E-state index in [2.05, 4.69) is 5.32 Å². The average molecular weight is 350 g/mol. The van der Waals surface area contributed by atoms with Crippen molar-refractivity contribution in [3.8, 4) is 5.75 Å². The van der Waals surface area contributed by atoms with Crippen molar-refractivity contribution in [2.24, 2.45) is 0 Å². The Labute approximate surface area is 143 Å². The predicted molar refractivity (Wildman–Crippen MR) is 89.8 cm³/mol. The van der Waals surface area contributed by atoms with Gasteiger partial charge in [0.1, 0.15) is 11.2 Å². The summed E-state index contributed by atoms with van der Waals surface area (Å²) in [5.74, 6) is -0.231. The Morgan fingerprint density at radius 3 is 2.57 bits per heavy atom. The van der Waals surface area contributed by atoms with Crippen LogP contribution in [-0.4, -0.2) is 18.8 Å². The second kappa shape index (κ2) is 5.55. The Morgan fingerprint density at radius 2 is 1.87 bits per heavy atom.